The van der Waals surface area contributed by atoms with E-state index in [2.05, 4.69) is 4.98 Å². The Hall–Kier alpha value is -1.29. The molecule has 0 amide bonds. The highest BCUT2D eigenvalue weighted by atomic mass is 16.5. The molecule has 1 radical (unpaired) electrons. The van der Waals surface area contributed by atoms with E-state index in [1.807, 2.05) is 0 Å². The summed E-state index contributed by atoms with van der Waals surface area (Å²) in [5, 5.41) is 0. The Balaban J connectivity index is 2.93. The summed E-state index contributed by atoms with van der Waals surface area (Å²) in [6.07, 6.45) is 1.63. The van der Waals surface area contributed by atoms with Crippen LogP contribution in [-0.2, 0) is 4.74 Å². The van der Waals surface area contributed by atoms with Gasteiger partial charge in [-0.15, -0.1) is 0 Å². The summed E-state index contributed by atoms with van der Waals surface area (Å²) in [4.78, 5) is 4.01. The molecule has 0 bridgehead atoms. The third-order valence-corrected chi connectivity index (χ3v) is 1.54. The molecule has 0 saturated heterocycles. The van der Waals surface area contributed by atoms with Gasteiger partial charge < -0.3 is 14.2 Å². The van der Waals surface area contributed by atoms with Gasteiger partial charge in [-0.25, -0.2) is 4.98 Å². The molecule has 1 heterocycles. The summed E-state index contributed by atoms with van der Waals surface area (Å²) in [5.41, 5.74) is 0.783. The summed E-state index contributed by atoms with van der Waals surface area (Å²) in [6, 6.07) is 1.70. The SMILES string of the molecule is CO[CH]c1cnc(OC)cc1OC. The lowest BCUT2D eigenvalue weighted by atomic mass is 10.3. The van der Waals surface area contributed by atoms with Crippen molar-refractivity contribution in [2.45, 2.75) is 0 Å². The maximum Gasteiger partial charge on any atom is 0.216 e. The fourth-order valence-corrected chi connectivity index (χ4v) is 0.933. The quantitative estimate of drug-likeness (QED) is 0.702. The van der Waals surface area contributed by atoms with Crippen LogP contribution in [0.25, 0.3) is 0 Å². The fourth-order valence-electron chi connectivity index (χ4n) is 0.933. The highest BCUT2D eigenvalue weighted by Crippen LogP contribution is 2.23. The second kappa shape index (κ2) is 4.67. The van der Waals surface area contributed by atoms with Crippen molar-refractivity contribution in [3.8, 4) is 11.6 Å². The third-order valence-electron chi connectivity index (χ3n) is 1.54. The van der Waals surface area contributed by atoms with Gasteiger partial charge in [-0.05, 0) is 0 Å². The molecule has 13 heavy (non-hydrogen) atoms. The predicted octanol–water partition coefficient (Wildman–Crippen LogP) is 1.26. The zero-order valence-electron chi connectivity index (χ0n) is 7.90. The molecule has 4 heteroatoms. The average molecular weight is 182 g/mol. The van der Waals surface area contributed by atoms with Crippen molar-refractivity contribution in [2.24, 2.45) is 0 Å². The lowest BCUT2D eigenvalue weighted by Crippen LogP contribution is -1.95. The smallest absolute Gasteiger partial charge is 0.216 e. The first-order valence-electron chi connectivity index (χ1n) is 3.76. The van der Waals surface area contributed by atoms with Crippen LogP contribution in [-0.4, -0.2) is 26.3 Å². The summed E-state index contributed by atoms with van der Waals surface area (Å²) >= 11 is 0. The van der Waals surface area contributed by atoms with Crippen LogP contribution in [0.2, 0.25) is 0 Å². The maximum absolute atomic E-state index is 5.11. The number of hydrogen-bond donors (Lipinski definition) is 0. The van der Waals surface area contributed by atoms with Crippen LogP contribution in [0.3, 0.4) is 0 Å². The van der Waals surface area contributed by atoms with Crippen molar-refractivity contribution in [3.63, 3.8) is 0 Å². The summed E-state index contributed by atoms with van der Waals surface area (Å²) in [7, 11) is 4.72. The number of rotatable bonds is 4. The molecule has 4 nitrogen and oxygen atoms in total. The molecule has 0 spiro atoms. The van der Waals surface area contributed by atoms with E-state index in [4.69, 9.17) is 14.2 Å². The van der Waals surface area contributed by atoms with Gasteiger partial charge in [0, 0.05) is 24.9 Å². The number of pyridine rings is 1. The Morgan fingerprint density at radius 1 is 1.23 bits per heavy atom. The molecule has 1 rings (SSSR count). The second-order valence-corrected chi connectivity index (χ2v) is 2.32. The molecule has 0 N–H and O–H groups in total. The monoisotopic (exact) mass is 182 g/mol. The third kappa shape index (κ3) is 2.32. The topological polar surface area (TPSA) is 40.6 Å². The van der Waals surface area contributed by atoms with Crippen molar-refractivity contribution in [3.05, 3.63) is 24.4 Å². The van der Waals surface area contributed by atoms with Crippen molar-refractivity contribution < 1.29 is 14.2 Å². The van der Waals surface area contributed by atoms with Crippen molar-refractivity contribution in [2.75, 3.05) is 21.3 Å². The molecule has 0 unspecified atom stereocenters. The van der Waals surface area contributed by atoms with Crippen LogP contribution in [0.15, 0.2) is 12.3 Å². The minimum absolute atomic E-state index is 0.519. The van der Waals surface area contributed by atoms with Gasteiger partial charge in [0.15, 0.2) is 0 Å². The molecule has 1 aromatic heterocycles. The molecule has 0 aliphatic carbocycles. The van der Waals surface area contributed by atoms with Crippen LogP contribution in [0.5, 0.6) is 11.6 Å². The van der Waals surface area contributed by atoms with Gasteiger partial charge >= 0.3 is 0 Å². The van der Waals surface area contributed by atoms with Crippen LogP contribution in [0.4, 0.5) is 0 Å². The van der Waals surface area contributed by atoms with Crippen LogP contribution in [0.1, 0.15) is 5.56 Å². The first-order chi connectivity index (χ1) is 6.31. The van der Waals surface area contributed by atoms with Gasteiger partial charge in [0.05, 0.1) is 14.2 Å². The van der Waals surface area contributed by atoms with E-state index in [9.17, 15) is 0 Å². The lowest BCUT2D eigenvalue weighted by Gasteiger charge is -2.07. The normalized spacial score (nSPS) is 9.77. The van der Waals surface area contributed by atoms with E-state index in [-0.39, 0.29) is 0 Å². The van der Waals surface area contributed by atoms with Gasteiger partial charge in [0.2, 0.25) is 5.88 Å². The van der Waals surface area contributed by atoms with E-state index in [0.717, 1.165) is 5.56 Å². The van der Waals surface area contributed by atoms with Gasteiger partial charge in [0.1, 0.15) is 12.4 Å². The average Bonchev–Trinajstić information content (AvgIpc) is 2.19. The molecule has 0 atom stereocenters. The van der Waals surface area contributed by atoms with E-state index in [0.29, 0.717) is 11.6 Å². The van der Waals surface area contributed by atoms with E-state index in [1.165, 1.54) is 0 Å². The molecule has 0 saturated carbocycles. The standard InChI is InChI=1S/C9H12NO3/c1-11-6-7-5-10-9(13-3)4-8(7)12-2/h4-6H,1-3H3. The van der Waals surface area contributed by atoms with Crippen LogP contribution in [0, 0.1) is 6.61 Å². The minimum Gasteiger partial charge on any atom is -0.496 e. The van der Waals surface area contributed by atoms with Gasteiger partial charge in [-0.2, -0.15) is 0 Å². The number of aromatic nitrogens is 1. The minimum atomic E-state index is 0.519. The zero-order valence-corrected chi connectivity index (χ0v) is 7.90. The molecule has 0 aliphatic rings. The molecule has 0 fully saturated rings. The maximum atomic E-state index is 5.11. The van der Waals surface area contributed by atoms with Gasteiger partial charge in [-0.3, -0.25) is 0 Å². The van der Waals surface area contributed by atoms with Crippen molar-refractivity contribution in [1.82, 2.24) is 4.98 Å². The second-order valence-electron chi connectivity index (χ2n) is 2.32. The Bertz CT molecular complexity index is 276. The van der Waals surface area contributed by atoms with E-state index < -0.39 is 0 Å². The van der Waals surface area contributed by atoms with Crippen LogP contribution < -0.4 is 9.47 Å². The highest BCUT2D eigenvalue weighted by molar-refractivity contribution is 5.38. The van der Waals surface area contributed by atoms with Crippen molar-refractivity contribution >= 4 is 0 Å². The predicted molar refractivity (Wildman–Crippen MR) is 47.8 cm³/mol. The number of nitrogens with zero attached hydrogens (tertiary/aromatic N) is 1. The number of methoxy groups -OCH3 is 3. The molecular weight excluding hydrogens is 170 g/mol. The first kappa shape index (κ1) is 9.80. The number of hydrogen-bond acceptors (Lipinski definition) is 4. The zero-order chi connectivity index (χ0) is 9.68. The van der Waals surface area contributed by atoms with E-state index >= 15 is 0 Å². The van der Waals surface area contributed by atoms with Crippen molar-refractivity contribution in [1.29, 1.82) is 0 Å². The molecule has 71 valence electrons. The Labute approximate surface area is 77.5 Å². The van der Waals surface area contributed by atoms with Gasteiger partial charge in [-0.1, -0.05) is 0 Å². The number of ether oxygens (including phenoxy) is 3. The van der Waals surface area contributed by atoms with Crippen LogP contribution >= 0.6 is 0 Å². The summed E-state index contributed by atoms with van der Waals surface area (Å²) in [6.45, 7) is 1.56. The molecule has 1 aromatic rings. The first-order valence-corrected chi connectivity index (χ1v) is 3.76. The molecule has 0 aliphatic heterocycles. The Morgan fingerprint density at radius 2 is 2.00 bits per heavy atom. The Kier molecular flexibility index (Phi) is 3.52. The molecular formula is C9H12NO3. The summed E-state index contributed by atoms with van der Waals surface area (Å²) < 4.78 is 14.9. The van der Waals surface area contributed by atoms with E-state index in [1.54, 1.807) is 40.2 Å². The van der Waals surface area contributed by atoms with Gasteiger partial charge in [0.25, 0.3) is 0 Å². The lowest BCUT2D eigenvalue weighted by molar-refractivity contribution is 0.287. The summed E-state index contributed by atoms with van der Waals surface area (Å²) in [5.74, 6) is 1.19. The molecule has 0 aromatic carbocycles. The largest absolute Gasteiger partial charge is 0.496 e. The Morgan fingerprint density at radius 3 is 2.54 bits per heavy atom. The highest BCUT2D eigenvalue weighted by Gasteiger charge is 2.05. The fraction of sp³-hybridized carbons (Fsp3) is 0.333.